The Kier molecular flexibility index (Phi) is 4.65. The van der Waals surface area contributed by atoms with Crippen LogP contribution in [-0.2, 0) is 0 Å². The van der Waals surface area contributed by atoms with E-state index >= 15 is 0 Å². The number of hydrogen-bond acceptors (Lipinski definition) is 2. The highest BCUT2D eigenvalue weighted by Gasteiger charge is 2.24. The Hall–Kier alpha value is -1.02. The van der Waals surface area contributed by atoms with Gasteiger partial charge in [-0.2, -0.15) is 0 Å². The van der Waals surface area contributed by atoms with Crippen LogP contribution in [0.25, 0.3) is 0 Å². The second-order valence-electron chi connectivity index (χ2n) is 5.77. The lowest BCUT2D eigenvalue weighted by Gasteiger charge is -2.33. The highest BCUT2D eigenvalue weighted by molar-refractivity contribution is 5.53. The standard InChI is InChI=1S/C16H26N2/c1-12(2)14-8-4-6-10-16(14)18-15-9-5-3-7-13(15)11-17/h4,6,8,10,12-13,15,18H,3,5,7,9,11,17H2,1-2H3. The zero-order chi connectivity index (χ0) is 13.0. The molecule has 1 saturated carbocycles. The van der Waals surface area contributed by atoms with E-state index in [4.69, 9.17) is 5.73 Å². The first kappa shape index (κ1) is 13.4. The van der Waals surface area contributed by atoms with E-state index in [9.17, 15) is 0 Å². The Morgan fingerprint density at radius 2 is 1.94 bits per heavy atom. The lowest BCUT2D eigenvalue weighted by atomic mass is 9.84. The molecule has 0 bridgehead atoms. The van der Waals surface area contributed by atoms with E-state index in [-0.39, 0.29) is 0 Å². The molecule has 2 nitrogen and oxygen atoms in total. The SMILES string of the molecule is CC(C)c1ccccc1NC1CCCCC1CN. The normalized spacial score (nSPS) is 24.2. The monoisotopic (exact) mass is 246 g/mol. The zero-order valence-corrected chi connectivity index (χ0v) is 11.7. The molecule has 18 heavy (non-hydrogen) atoms. The summed E-state index contributed by atoms with van der Waals surface area (Å²) in [5.74, 6) is 1.20. The molecular weight excluding hydrogens is 220 g/mol. The fourth-order valence-electron chi connectivity index (χ4n) is 3.01. The van der Waals surface area contributed by atoms with E-state index in [0.29, 0.717) is 17.9 Å². The predicted octanol–water partition coefficient (Wildman–Crippen LogP) is 3.74. The number of rotatable bonds is 4. The minimum Gasteiger partial charge on any atom is -0.382 e. The van der Waals surface area contributed by atoms with Crippen LogP contribution in [0.4, 0.5) is 5.69 Å². The number of para-hydroxylation sites is 1. The Labute approximate surface area is 111 Å². The van der Waals surface area contributed by atoms with Crippen LogP contribution in [0.5, 0.6) is 0 Å². The third-order valence-corrected chi connectivity index (χ3v) is 4.14. The number of nitrogens with two attached hydrogens (primary N) is 1. The van der Waals surface area contributed by atoms with Crippen molar-refractivity contribution in [2.75, 3.05) is 11.9 Å². The highest BCUT2D eigenvalue weighted by Crippen LogP contribution is 2.30. The van der Waals surface area contributed by atoms with Gasteiger partial charge >= 0.3 is 0 Å². The molecule has 0 amide bonds. The molecule has 1 fully saturated rings. The third kappa shape index (κ3) is 3.05. The van der Waals surface area contributed by atoms with Gasteiger partial charge in [-0.1, -0.05) is 44.9 Å². The van der Waals surface area contributed by atoms with Crippen molar-refractivity contribution in [2.24, 2.45) is 11.7 Å². The summed E-state index contributed by atoms with van der Waals surface area (Å²) in [6, 6.07) is 9.24. The van der Waals surface area contributed by atoms with E-state index < -0.39 is 0 Å². The molecule has 100 valence electrons. The molecular formula is C16H26N2. The van der Waals surface area contributed by atoms with Crippen LogP contribution in [0.2, 0.25) is 0 Å². The van der Waals surface area contributed by atoms with Gasteiger partial charge in [0.05, 0.1) is 0 Å². The van der Waals surface area contributed by atoms with Gasteiger partial charge in [0.15, 0.2) is 0 Å². The molecule has 0 heterocycles. The first-order valence-corrected chi connectivity index (χ1v) is 7.28. The molecule has 1 aromatic rings. The third-order valence-electron chi connectivity index (χ3n) is 4.14. The molecule has 0 radical (unpaired) electrons. The van der Waals surface area contributed by atoms with Crippen molar-refractivity contribution in [3.05, 3.63) is 29.8 Å². The minimum absolute atomic E-state index is 0.559. The largest absolute Gasteiger partial charge is 0.382 e. The van der Waals surface area contributed by atoms with Crippen molar-refractivity contribution in [3.8, 4) is 0 Å². The molecule has 3 N–H and O–H groups in total. The smallest absolute Gasteiger partial charge is 0.0377 e. The van der Waals surface area contributed by atoms with Gasteiger partial charge in [-0.25, -0.2) is 0 Å². The van der Waals surface area contributed by atoms with Crippen molar-refractivity contribution in [3.63, 3.8) is 0 Å². The zero-order valence-electron chi connectivity index (χ0n) is 11.7. The maximum Gasteiger partial charge on any atom is 0.0377 e. The Bertz CT molecular complexity index is 373. The fourth-order valence-corrected chi connectivity index (χ4v) is 3.01. The van der Waals surface area contributed by atoms with Gasteiger partial charge in [-0.05, 0) is 42.9 Å². The second-order valence-corrected chi connectivity index (χ2v) is 5.77. The van der Waals surface area contributed by atoms with Crippen LogP contribution < -0.4 is 11.1 Å². The summed E-state index contributed by atoms with van der Waals surface area (Å²) in [6.07, 6.45) is 5.20. The van der Waals surface area contributed by atoms with E-state index in [0.717, 1.165) is 6.54 Å². The summed E-state index contributed by atoms with van der Waals surface area (Å²) in [6.45, 7) is 5.31. The molecule has 0 aliphatic heterocycles. The molecule has 2 rings (SSSR count). The first-order chi connectivity index (χ1) is 8.72. The van der Waals surface area contributed by atoms with Gasteiger partial charge in [0.1, 0.15) is 0 Å². The average molecular weight is 246 g/mol. The summed E-state index contributed by atoms with van der Waals surface area (Å²) in [7, 11) is 0. The van der Waals surface area contributed by atoms with E-state index in [2.05, 4.69) is 43.4 Å². The lowest BCUT2D eigenvalue weighted by Crippen LogP contribution is -2.37. The number of hydrogen-bond donors (Lipinski definition) is 2. The summed E-state index contributed by atoms with van der Waals surface area (Å²) in [5.41, 5.74) is 8.62. The number of anilines is 1. The Morgan fingerprint density at radius 3 is 2.67 bits per heavy atom. The van der Waals surface area contributed by atoms with Crippen molar-refractivity contribution in [1.29, 1.82) is 0 Å². The molecule has 1 aliphatic rings. The molecule has 2 heteroatoms. The van der Waals surface area contributed by atoms with Crippen LogP contribution in [-0.4, -0.2) is 12.6 Å². The summed E-state index contributed by atoms with van der Waals surface area (Å²) < 4.78 is 0. The van der Waals surface area contributed by atoms with Crippen molar-refractivity contribution < 1.29 is 0 Å². The molecule has 1 aliphatic carbocycles. The first-order valence-electron chi connectivity index (χ1n) is 7.28. The quantitative estimate of drug-likeness (QED) is 0.849. The summed E-state index contributed by atoms with van der Waals surface area (Å²) >= 11 is 0. The summed E-state index contributed by atoms with van der Waals surface area (Å²) in [4.78, 5) is 0. The van der Waals surface area contributed by atoms with Crippen molar-refractivity contribution >= 4 is 5.69 Å². The van der Waals surface area contributed by atoms with Gasteiger partial charge in [-0.15, -0.1) is 0 Å². The second kappa shape index (κ2) is 6.24. The topological polar surface area (TPSA) is 38.0 Å². The van der Waals surface area contributed by atoms with Gasteiger partial charge in [0.25, 0.3) is 0 Å². The molecule has 2 atom stereocenters. The summed E-state index contributed by atoms with van der Waals surface area (Å²) in [5, 5.41) is 3.75. The minimum atomic E-state index is 0.559. The van der Waals surface area contributed by atoms with Crippen molar-refractivity contribution in [1.82, 2.24) is 0 Å². The fraction of sp³-hybridized carbons (Fsp3) is 0.625. The van der Waals surface area contributed by atoms with E-state index in [1.165, 1.54) is 36.9 Å². The molecule has 0 spiro atoms. The molecule has 2 unspecified atom stereocenters. The van der Waals surface area contributed by atoms with Gasteiger partial charge < -0.3 is 11.1 Å². The van der Waals surface area contributed by atoms with Crippen LogP contribution in [0.15, 0.2) is 24.3 Å². The number of benzene rings is 1. The Morgan fingerprint density at radius 1 is 1.22 bits per heavy atom. The maximum atomic E-state index is 5.91. The van der Waals surface area contributed by atoms with Crippen LogP contribution in [0.3, 0.4) is 0 Å². The van der Waals surface area contributed by atoms with Gasteiger partial charge in [0.2, 0.25) is 0 Å². The molecule has 1 aromatic carbocycles. The molecule has 0 saturated heterocycles. The Balaban J connectivity index is 2.12. The maximum absolute atomic E-state index is 5.91. The number of nitrogens with one attached hydrogen (secondary N) is 1. The van der Waals surface area contributed by atoms with Crippen molar-refractivity contribution in [2.45, 2.75) is 51.5 Å². The predicted molar refractivity (Wildman–Crippen MR) is 79.0 cm³/mol. The van der Waals surface area contributed by atoms with Gasteiger partial charge in [0, 0.05) is 11.7 Å². The lowest BCUT2D eigenvalue weighted by molar-refractivity contribution is 0.332. The highest BCUT2D eigenvalue weighted by atomic mass is 14.9. The molecule has 0 aromatic heterocycles. The van der Waals surface area contributed by atoms with E-state index in [1.807, 2.05) is 0 Å². The van der Waals surface area contributed by atoms with Crippen LogP contribution in [0.1, 0.15) is 51.0 Å². The van der Waals surface area contributed by atoms with E-state index in [1.54, 1.807) is 0 Å². The van der Waals surface area contributed by atoms with Crippen LogP contribution >= 0.6 is 0 Å². The van der Waals surface area contributed by atoms with Crippen LogP contribution in [0, 0.1) is 5.92 Å². The van der Waals surface area contributed by atoms with Gasteiger partial charge in [-0.3, -0.25) is 0 Å². The average Bonchev–Trinajstić information content (AvgIpc) is 2.40.